The Hall–Kier alpha value is -0.463. The van der Waals surface area contributed by atoms with Gasteiger partial charge in [-0.2, -0.15) is 0 Å². The van der Waals surface area contributed by atoms with Gasteiger partial charge in [0, 0.05) is 19.4 Å². The van der Waals surface area contributed by atoms with Gasteiger partial charge in [-0.05, 0) is 12.8 Å². The first kappa shape index (κ1) is 13.2. The molecule has 0 aliphatic heterocycles. The van der Waals surface area contributed by atoms with Crippen LogP contribution >= 0.6 is 0 Å². The van der Waals surface area contributed by atoms with Crippen LogP contribution in [0.4, 0.5) is 0 Å². The second-order valence-corrected chi connectivity index (χ2v) is 1.96. The molecule has 1 N–H and O–H groups in total. The monoisotopic (exact) mass is 151 g/mol. The summed E-state index contributed by atoms with van der Waals surface area (Å²) >= 11 is 0. The van der Waals surface area contributed by atoms with E-state index in [0.717, 1.165) is 0 Å². The van der Waals surface area contributed by atoms with Gasteiger partial charge < -0.3 is 15.2 Å². The van der Waals surface area contributed by atoms with Gasteiger partial charge in [0.25, 0.3) is 0 Å². The van der Waals surface area contributed by atoms with E-state index in [-0.39, 0.29) is 31.2 Å². The molecule has 0 aromatic heterocycles. The summed E-state index contributed by atoms with van der Waals surface area (Å²) < 4.78 is 0. The van der Waals surface area contributed by atoms with Crippen molar-refractivity contribution in [2.45, 2.75) is 19.8 Å². The van der Waals surface area contributed by atoms with E-state index >= 15 is 0 Å². The summed E-state index contributed by atoms with van der Waals surface area (Å²) in [6.07, 6.45) is 0.433. The van der Waals surface area contributed by atoms with Crippen LogP contribution in [0.3, 0.4) is 0 Å². The number of aliphatic carboxylic acids is 1. The number of nitrogens with one attached hydrogen (secondary N) is 1. The van der Waals surface area contributed by atoms with Crippen molar-refractivity contribution in [1.29, 1.82) is 0 Å². The maximum absolute atomic E-state index is 10.2. The van der Waals surface area contributed by atoms with E-state index < -0.39 is 5.97 Å². The van der Waals surface area contributed by atoms with Gasteiger partial charge in [-0.25, -0.2) is 0 Å². The van der Waals surface area contributed by atoms with Crippen molar-refractivity contribution in [2.75, 3.05) is 6.54 Å². The van der Waals surface area contributed by atoms with Crippen LogP contribution in [0, 0.1) is 0 Å². The molecule has 0 bridgehead atoms. The molecule has 0 unspecified atom stereocenters. The fraction of sp³-hybridized carbons (Fsp3) is 0.667. The minimum atomic E-state index is -1.08. The molecule has 0 atom stereocenters. The Balaban J connectivity index is 0. The Morgan fingerprint density at radius 2 is 2.00 bits per heavy atom. The second kappa shape index (κ2) is 7.64. The summed E-state index contributed by atoms with van der Waals surface area (Å²) in [5, 5.41) is 12.3. The van der Waals surface area contributed by atoms with Crippen molar-refractivity contribution in [3.63, 3.8) is 0 Å². The summed E-state index contributed by atoms with van der Waals surface area (Å²) in [6, 6.07) is 0. The standard InChI is InChI=1S/C6H11NO3.Li/c1-5(8)7-4-2-3-6(9)10;/h2-4H2,1H3,(H,7,8)(H,9,10);/q;+1/p-1. The van der Waals surface area contributed by atoms with Gasteiger partial charge in [0.1, 0.15) is 0 Å². The molecule has 0 saturated carbocycles. The Morgan fingerprint density at radius 1 is 1.45 bits per heavy atom. The van der Waals surface area contributed by atoms with Gasteiger partial charge >= 0.3 is 18.9 Å². The van der Waals surface area contributed by atoms with Gasteiger partial charge in [0.2, 0.25) is 5.91 Å². The number of amides is 1. The van der Waals surface area contributed by atoms with Crippen LogP contribution in [-0.4, -0.2) is 18.4 Å². The number of carbonyl (C=O) groups excluding carboxylic acids is 2. The van der Waals surface area contributed by atoms with Crippen LogP contribution < -0.4 is 29.3 Å². The molecule has 0 radical (unpaired) electrons. The molecular formula is C6H10LiNO3. The van der Waals surface area contributed by atoms with Crippen LogP contribution in [0.5, 0.6) is 0 Å². The number of carboxylic acids is 1. The predicted molar refractivity (Wildman–Crippen MR) is 32.9 cm³/mol. The number of hydrogen-bond acceptors (Lipinski definition) is 3. The summed E-state index contributed by atoms with van der Waals surface area (Å²) in [5.74, 6) is -1.22. The van der Waals surface area contributed by atoms with Crippen LogP contribution in [0.2, 0.25) is 0 Å². The van der Waals surface area contributed by atoms with Crippen LogP contribution in [0.25, 0.3) is 0 Å². The molecule has 0 aliphatic rings. The Bertz CT molecular complexity index is 122. The number of rotatable bonds is 4. The Labute approximate surface area is 77.5 Å². The topological polar surface area (TPSA) is 69.2 Å². The number of carbonyl (C=O) groups is 2. The van der Waals surface area contributed by atoms with Gasteiger partial charge in [-0.15, -0.1) is 0 Å². The number of carboxylic acid groups (broad SMARTS) is 1. The predicted octanol–water partition coefficient (Wildman–Crippen LogP) is -4.34. The second-order valence-electron chi connectivity index (χ2n) is 1.96. The van der Waals surface area contributed by atoms with Crippen LogP contribution in [0.15, 0.2) is 0 Å². The molecule has 0 rings (SSSR count). The summed E-state index contributed by atoms with van der Waals surface area (Å²) in [7, 11) is 0. The normalized spacial score (nSPS) is 8.09. The maximum Gasteiger partial charge on any atom is 1.00 e. The van der Waals surface area contributed by atoms with E-state index in [1.807, 2.05) is 0 Å². The molecule has 4 nitrogen and oxygen atoms in total. The first-order valence-electron chi connectivity index (χ1n) is 3.07. The average molecular weight is 151 g/mol. The molecule has 0 heterocycles. The van der Waals surface area contributed by atoms with E-state index in [1.54, 1.807) is 0 Å². The molecule has 0 aromatic carbocycles. The maximum atomic E-state index is 10.2. The Kier molecular flexibility index (Phi) is 9.14. The third kappa shape index (κ3) is 12.7. The minimum absolute atomic E-state index is 0. The van der Waals surface area contributed by atoms with Gasteiger partial charge in [-0.1, -0.05) is 0 Å². The van der Waals surface area contributed by atoms with Crippen molar-refractivity contribution in [2.24, 2.45) is 0 Å². The molecule has 0 fully saturated rings. The van der Waals surface area contributed by atoms with Crippen molar-refractivity contribution >= 4 is 11.9 Å². The van der Waals surface area contributed by atoms with Crippen molar-refractivity contribution in [1.82, 2.24) is 5.32 Å². The SMILES string of the molecule is CC(=O)NCCCC(=O)[O-].[Li+]. The molecule has 0 aromatic rings. The fourth-order valence-electron chi connectivity index (χ4n) is 0.497. The van der Waals surface area contributed by atoms with Gasteiger partial charge in [0.05, 0.1) is 0 Å². The van der Waals surface area contributed by atoms with Crippen LogP contribution in [0.1, 0.15) is 19.8 Å². The number of hydrogen-bond donors (Lipinski definition) is 1. The van der Waals surface area contributed by atoms with E-state index in [0.29, 0.717) is 13.0 Å². The van der Waals surface area contributed by atoms with Gasteiger partial charge in [-0.3, -0.25) is 4.79 Å². The molecule has 11 heavy (non-hydrogen) atoms. The molecule has 0 saturated heterocycles. The molecule has 0 aliphatic carbocycles. The van der Waals surface area contributed by atoms with Crippen molar-refractivity contribution in [3.8, 4) is 0 Å². The molecular weight excluding hydrogens is 141 g/mol. The molecule has 1 amide bonds. The molecule has 58 valence electrons. The first-order chi connectivity index (χ1) is 4.63. The zero-order valence-corrected chi connectivity index (χ0v) is 6.85. The Morgan fingerprint density at radius 3 is 2.36 bits per heavy atom. The summed E-state index contributed by atoms with van der Waals surface area (Å²) in [4.78, 5) is 20.0. The van der Waals surface area contributed by atoms with E-state index in [1.165, 1.54) is 6.92 Å². The van der Waals surface area contributed by atoms with Crippen molar-refractivity contribution < 1.29 is 33.6 Å². The first-order valence-corrected chi connectivity index (χ1v) is 3.07. The quantitative estimate of drug-likeness (QED) is 0.326. The molecule has 5 heteroatoms. The zero-order chi connectivity index (χ0) is 7.98. The van der Waals surface area contributed by atoms with Gasteiger partial charge in [0.15, 0.2) is 0 Å². The molecule has 0 spiro atoms. The third-order valence-electron chi connectivity index (χ3n) is 0.932. The minimum Gasteiger partial charge on any atom is -0.550 e. The largest absolute Gasteiger partial charge is 1.00 e. The average Bonchev–Trinajstić information content (AvgIpc) is 1.79. The zero-order valence-electron chi connectivity index (χ0n) is 6.85. The smallest absolute Gasteiger partial charge is 0.550 e. The fourth-order valence-corrected chi connectivity index (χ4v) is 0.497. The van der Waals surface area contributed by atoms with E-state index in [4.69, 9.17) is 0 Å². The summed E-state index contributed by atoms with van der Waals surface area (Å²) in [5.41, 5.74) is 0. The van der Waals surface area contributed by atoms with E-state index in [2.05, 4.69) is 5.32 Å². The van der Waals surface area contributed by atoms with Crippen molar-refractivity contribution in [3.05, 3.63) is 0 Å². The van der Waals surface area contributed by atoms with Crippen LogP contribution in [-0.2, 0) is 9.59 Å². The third-order valence-corrected chi connectivity index (χ3v) is 0.932. The summed E-state index contributed by atoms with van der Waals surface area (Å²) in [6.45, 7) is 1.79. The van der Waals surface area contributed by atoms with E-state index in [9.17, 15) is 14.7 Å².